The van der Waals surface area contributed by atoms with Crippen LogP contribution < -0.4 is 5.73 Å². The van der Waals surface area contributed by atoms with E-state index in [1.54, 1.807) is 22.7 Å². The van der Waals surface area contributed by atoms with Gasteiger partial charge in [0.15, 0.2) is 0 Å². The van der Waals surface area contributed by atoms with E-state index >= 15 is 0 Å². The Morgan fingerprint density at radius 2 is 2.24 bits per heavy atom. The molecule has 3 nitrogen and oxygen atoms in total. The van der Waals surface area contributed by atoms with Crippen molar-refractivity contribution in [3.05, 3.63) is 39.0 Å². The molecule has 0 saturated carbocycles. The first kappa shape index (κ1) is 12.7. The summed E-state index contributed by atoms with van der Waals surface area (Å²) in [6.45, 7) is 2.89. The Hall–Kier alpha value is -0.750. The average molecular weight is 267 g/mol. The van der Waals surface area contributed by atoms with Crippen LogP contribution in [0.15, 0.2) is 27.7 Å². The van der Waals surface area contributed by atoms with Crippen molar-refractivity contribution in [2.75, 3.05) is 7.05 Å². The summed E-state index contributed by atoms with van der Waals surface area (Å²) in [5.74, 6) is 0. The van der Waals surface area contributed by atoms with Gasteiger partial charge in [-0.25, -0.2) is 4.98 Å². The molecule has 0 spiro atoms. The lowest BCUT2D eigenvalue weighted by Gasteiger charge is -2.30. The van der Waals surface area contributed by atoms with Crippen molar-refractivity contribution in [2.24, 2.45) is 5.73 Å². The minimum Gasteiger partial charge on any atom is -0.326 e. The van der Waals surface area contributed by atoms with E-state index < -0.39 is 0 Å². The molecule has 0 amide bonds. The van der Waals surface area contributed by atoms with Crippen LogP contribution in [0.5, 0.6) is 0 Å². The van der Waals surface area contributed by atoms with E-state index in [0.29, 0.717) is 0 Å². The quantitative estimate of drug-likeness (QED) is 0.905. The van der Waals surface area contributed by atoms with E-state index in [1.165, 1.54) is 5.56 Å². The van der Waals surface area contributed by atoms with E-state index in [1.807, 2.05) is 5.51 Å². The summed E-state index contributed by atoms with van der Waals surface area (Å²) < 4.78 is 0. The van der Waals surface area contributed by atoms with Gasteiger partial charge in [0.05, 0.1) is 17.2 Å². The van der Waals surface area contributed by atoms with Gasteiger partial charge in [-0.2, -0.15) is 11.3 Å². The number of nitrogens with two attached hydrogens (primary N) is 1. The minimum atomic E-state index is 0.105. The van der Waals surface area contributed by atoms with Gasteiger partial charge in [0.25, 0.3) is 0 Å². The molecule has 2 aromatic heterocycles. The second kappa shape index (κ2) is 5.73. The van der Waals surface area contributed by atoms with Gasteiger partial charge in [-0.3, -0.25) is 4.90 Å². The summed E-state index contributed by atoms with van der Waals surface area (Å²) in [4.78, 5) is 6.58. The fraction of sp³-hybridized carbons (Fsp3) is 0.417. The Labute approximate surface area is 110 Å². The van der Waals surface area contributed by atoms with Crippen LogP contribution in [0, 0.1) is 0 Å². The van der Waals surface area contributed by atoms with Crippen molar-refractivity contribution < 1.29 is 0 Å². The molecule has 0 aliphatic rings. The van der Waals surface area contributed by atoms with E-state index in [-0.39, 0.29) is 12.1 Å². The Morgan fingerprint density at radius 1 is 1.41 bits per heavy atom. The fourth-order valence-electron chi connectivity index (χ4n) is 2.07. The monoisotopic (exact) mass is 267 g/mol. The number of hydrogen-bond donors (Lipinski definition) is 1. The number of aromatic nitrogens is 1. The standard InChI is InChI=1S/C12H17N3S2/c1-9(13)12(10-3-4-16-6-10)15(2)5-11-7-17-8-14-11/h3-4,6-9,12H,5,13H2,1-2H3. The van der Waals surface area contributed by atoms with Gasteiger partial charge >= 0.3 is 0 Å². The van der Waals surface area contributed by atoms with Crippen LogP contribution in [-0.2, 0) is 6.54 Å². The average Bonchev–Trinajstić information content (AvgIpc) is 2.89. The maximum absolute atomic E-state index is 6.10. The molecule has 2 heterocycles. The summed E-state index contributed by atoms with van der Waals surface area (Å²) in [7, 11) is 2.10. The third-order valence-electron chi connectivity index (χ3n) is 2.75. The second-order valence-corrected chi connectivity index (χ2v) is 5.75. The van der Waals surface area contributed by atoms with Crippen molar-refractivity contribution in [3.63, 3.8) is 0 Å². The first-order valence-corrected chi connectivity index (χ1v) is 7.42. The van der Waals surface area contributed by atoms with E-state index in [0.717, 1.165) is 12.2 Å². The Bertz CT molecular complexity index is 423. The first-order valence-electron chi connectivity index (χ1n) is 5.53. The highest BCUT2D eigenvalue weighted by Crippen LogP contribution is 2.25. The van der Waals surface area contributed by atoms with Gasteiger partial charge < -0.3 is 5.73 Å². The molecule has 0 aliphatic heterocycles. The number of thiophene rings is 1. The van der Waals surface area contributed by atoms with Crippen LogP contribution in [0.1, 0.15) is 24.2 Å². The second-order valence-electron chi connectivity index (χ2n) is 4.26. The number of rotatable bonds is 5. The summed E-state index contributed by atoms with van der Waals surface area (Å²) in [5, 5.41) is 6.36. The lowest BCUT2D eigenvalue weighted by atomic mass is 10.0. The minimum absolute atomic E-state index is 0.105. The predicted octanol–water partition coefficient (Wildman–Crippen LogP) is 2.72. The van der Waals surface area contributed by atoms with E-state index in [9.17, 15) is 0 Å². The highest BCUT2D eigenvalue weighted by atomic mass is 32.1. The zero-order chi connectivity index (χ0) is 12.3. The van der Waals surface area contributed by atoms with Crippen molar-refractivity contribution in [2.45, 2.75) is 25.6 Å². The molecule has 92 valence electrons. The molecule has 2 aromatic rings. The van der Waals surface area contributed by atoms with Gasteiger partial charge in [0, 0.05) is 18.0 Å². The topological polar surface area (TPSA) is 42.1 Å². The van der Waals surface area contributed by atoms with Crippen LogP contribution in [0.2, 0.25) is 0 Å². The maximum Gasteiger partial charge on any atom is 0.0795 e. The third-order valence-corrected chi connectivity index (χ3v) is 4.09. The summed E-state index contributed by atoms with van der Waals surface area (Å²) in [6, 6.07) is 2.51. The van der Waals surface area contributed by atoms with Crippen LogP contribution in [0.3, 0.4) is 0 Å². The van der Waals surface area contributed by atoms with Crippen molar-refractivity contribution in [1.29, 1.82) is 0 Å². The molecule has 2 rings (SSSR count). The molecular weight excluding hydrogens is 250 g/mol. The lowest BCUT2D eigenvalue weighted by Crippen LogP contribution is -2.36. The molecule has 2 unspecified atom stereocenters. The smallest absolute Gasteiger partial charge is 0.0795 e. The fourth-order valence-corrected chi connectivity index (χ4v) is 3.31. The number of thiazole rings is 1. The van der Waals surface area contributed by atoms with Gasteiger partial charge in [0.1, 0.15) is 0 Å². The highest BCUT2D eigenvalue weighted by Gasteiger charge is 2.21. The summed E-state index contributed by atoms with van der Waals surface area (Å²) in [5.41, 5.74) is 10.4. The zero-order valence-corrected chi connectivity index (χ0v) is 11.7. The molecule has 0 fully saturated rings. The van der Waals surface area contributed by atoms with Crippen molar-refractivity contribution in [3.8, 4) is 0 Å². The number of hydrogen-bond acceptors (Lipinski definition) is 5. The lowest BCUT2D eigenvalue weighted by molar-refractivity contribution is 0.209. The SMILES string of the molecule is CC(N)C(c1ccsc1)N(C)Cc1cscn1. The Morgan fingerprint density at radius 3 is 2.76 bits per heavy atom. The molecule has 0 saturated heterocycles. The molecule has 5 heteroatoms. The van der Waals surface area contributed by atoms with Crippen LogP contribution in [0.4, 0.5) is 0 Å². The maximum atomic E-state index is 6.10. The van der Waals surface area contributed by atoms with Crippen LogP contribution in [-0.4, -0.2) is 23.0 Å². The molecule has 0 aromatic carbocycles. The predicted molar refractivity (Wildman–Crippen MR) is 74.3 cm³/mol. The van der Waals surface area contributed by atoms with E-state index in [4.69, 9.17) is 5.73 Å². The zero-order valence-electron chi connectivity index (χ0n) is 10.0. The highest BCUT2D eigenvalue weighted by molar-refractivity contribution is 7.08. The number of nitrogens with zero attached hydrogens (tertiary/aromatic N) is 2. The third kappa shape index (κ3) is 3.13. The molecule has 17 heavy (non-hydrogen) atoms. The molecule has 0 radical (unpaired) electrons. The van der Waals surface area contributed by atoms with Crippen molar-refractivity contribution >= 4 is 22.7 Å². The molecule has 2 atom stereocenters. The first-order chi connectivity index (χ1) is 8.18. The number of likely N-dealkylation sites (N-methyl/N-ethyl adjacent to an activating group) is 1. The summed E-state index contributed by atoms with van der Waals surface area (Å²) >= 11 is 3.35. The molecule has 2 N–H and O–H groups in total. The molecule has 0 bridgehead atoms. The van der Waals surface area contributed by atoms with E-state index in [2.05, 4.69) is 46.1 Å². The van der Waals surface area contributed by atoms with Crippen LogP contribution >= 0.6 is 22.7 Å². The Balaban J connectivity index is 2.11. The summed E-state index contributed by atoms with van der Waals surface area (Å²) in [6.07, 6.45) is 0. The Kier molecular flexibility index (Phi) is 4.28. The molecular formula is C12H17N3S2. The van der Waals surface area contributed by atoms with Gasteiger partial charge in [-0.1, -0.05) is 0 Å². The van der Waals surface area contributed by atoms with Crippen LogP contribution in [0.25, 0.3) is 0 Å². The normalized spacial score (nSPS) is 15.1. The van der Waals surface area contributed by atoms with Gasteiger partial charge in [0.2, 0.25) is 0 Å². The van der Waals surface area contributed by atoms with Crippen molar-refractivity contribution in [1.82, 2.24) is 9.88 Å². The molecule has 0 aliphatic carbocycles. The van der Waals surface area contributed by atoms with Gasteiger partial charge in [-0.05, 0) is 36.4 Å². The largest absolute Gasteiger partial charge is 0.326 e. The van der Waals surface area contributed by atoms with Gasteiger partial charge in [-0.15, -0.1) is 11.3 Å².